The van der Waals surface area contributed by atoms with Gasteiger partial charge in [-0.2, -0.15) is 11.8 Å². The molecule has 23 heavy (non-hydrogen) atoms. The van der Waals surface area contributed by atoms with Crippen LogP contribution in [0.25, 0.3) is 0 Å². The molecule has 1 fully saturated rings. The molecule has 2 rings (SSSR count). The highest BCUT2D eigenvalue weighted by Gasteiger charge is 2.19. The molecule has 1 saturated heterocycles. The van der Waals surface area contributed by atoms with Crippen molar-refractivity contribution in [2.24, 2.45) is 5.73 Å². The van der Waals surface area contributed by atoms with Gasteiger partial charge in [0.1, 0.15) is 0 Å². The van der Waals surface area contributed by atoms with Gasteiger partial charge in [0.25, 0.3) is 0 Å². The lowest BCUT2D eigenvalue weighted by atomic mass is 10.2. The maximum atomic E-state index is 11.8. The number of aromatic nitrogens is 2. The summed E-state index contributed by atoms with van der Waals surface area (Å²) in [7, 11) is 0. The standard InChI is InChI=1S/C15H26N6OS/c1-23-12-3-13(16)14(22)17-6-7-20-8-10-21(11-9-20)15-18-4-2-5-19-15/h2,4-5,13H,3,6-12,16H2,1H3,(H,17,22)/t13-/m0/s1. The Balaban J connectivity index is 1.62. The quantitative estimate of drug-likeness (QED) is 0.678. The highest BCUT2D eigenvalue weighted by Crippen LogP contribution is 2.09. The number of hydrogen-bond acceptors (Lipinski definition) is 7. The number of nitrogens with two attached hydrogens (primary N) is 1. The number of hydrogen-bond donors (Lipinski definition) is 2. The molecule has 0 radical (unpaired) electrons. The Bertz CT molecular complexity index is 466. The number of carbonyl (C=O) groups excluding carboxylic acids is 1. The van der Waals surface area contributed by atoms with Gasteiger partial charge in [0.2, 0.25) is 11.9 Å². The van der Waals surface area contributed by atoms with E-state index >= 15 is 0 Å². The van der Waals surface area contributed by atoms with Crippen molar-refractivity contribution in [2.45, 2.75) is 12.5 Å². The van der Waals surface area contributed by atoms with E-state index in [4.69, 9.17) is 5.73 Å². The van der Waals surface area contributed by atoms with Gasteiger partial charge in [0.05, 0.1) is 6.04 Å². The van der Waals surface area contributed by atoms with Gasteiger partial charge < -0.3 is 16.0 Å². The zero-order valence-electron chi connectivity index (χ0n) is 13.6. The van der Waals surface area contributed by atoms with Crippen molar-refractivity contribution in [1.29, 1.82) is 0 Å². The summed E-state index contributed by atoms with van der Waals surface area (Å²) in [5.74, 6) is 1.66. The van der Waals surface area contributed by atoms with Crippen LogP contribution in [0.5, 0.6) is 0 Å². The van der Waals surface area contributed by atoms with Crippen LogP contribution in [0.2, 0.25) is 0 Å². The Hall–Kier alpha value is -1.38. The molecule has 128 valence electrons. The summed E-state index contributed by atoms with van der Waals surface area (Å²) < 4.78 is 0. The molecule has 0 saturated carbocycles. The minimum Gasteiger partial charge on any atom is -0.353 e. The third kappa shape index (κ3) is 5.96. The van der Waals surface area contributed by atoms with E-state index in [0.29, 0.717) is 6.54 Å². The van der Waals surface area contributed by atoms with E-state index in [9.17, 15) is 4.79 Å². The van der Waals surface area contributed by atoms with Crippen molar-refractivity contribution in [2.75, 3.05) is 56.2 Å². The molecule has 1 aromatic heterocycles. The molecule has 0 spiro atoms. The van der Waals surface area contributed by atoms with E-state index in [1.807, 2.05) is 12.3 Å². The molecule has 0 unspecified atom stereocenters. The van der Waals surface area contributed by atoms with Crippen LogP contribution in [-0.2, 0) is 4.79 Å². The van der Waals surface area contributed by atoms with Crippen molar-refractivity contribution in [3.8, 4) is 0 Å². The molecule has 1 amide bonds. The van der Waals surface area contributed by atoms with E-state index in [-0.39, 0.29) is 5.91 Å². The van der Waals surface area contributed by atoms with Gasteiger partial charge >= 0.3 is 0 Å². The van der Waals surface area contributed by atoms with E-state index in [1.165, 1.54) is 0 Å². The molecule has 1 aliphatic rings. The Morgan fingerprint density at radius 2 is 2.04 bits per heavy atom. The monoisotopic (exact) mass is 338 g/mol. The van der Waals surface area contributed by atoms with Crippen LogP contribution < -0.4 is 16.0 Å². The van der Waals surface area contributed by atoms with Crippen molar-refractivity contribution < 1.29 is 4.79 Å². The lowest BCUT2D eigenvalue weighted by Gasteiger charge is -2.34. The molecule has 3 N–H and O–H groups in total. The first-order valence-electron chi connectivity index (χ1n) is 7.97. The highest BCUT2D eigenvalue weighted by atomic mass is 32.2. The lowest BCUT2D eigenvalue weighted by molar-refractivity contribution is -0.122. The van der Waals surface area contributed by atoms with Crippen LogP contribution in [0.4, 0.5) is 5.95 Å². The number of piperazine rings is 1. The van der Waals surface area contributed by atoms with Gasteiger partial charge in [-0.25, -0.2) is 9.97 Å². The third-order valence-electron chi connectivity index (χ3n) is 3.90. The number of nitrogens with zero attached hydrogens (tertiary/aromatic N) is 4. The van der Waals surface area contributed by atoms with Crippen LogP contribution in [0.15, 0.2) is 18.5 Å². The number of carbonyl (C=O) groups is 1. The van der Waals surface area contributed by atoms with E-state index in [1.54, 1.807) is 24.2 Å². The summed E-state index contributed by atoms with van der Waals surface area (Å²) in [6.07, 6.45) is 6.28. The minimum absolute atomic E-state index is 0.0460. The molecule has 7 nitrogen and oxygen atoms in total. The van der Waals surface area contributed by atoms with Gasteiger partial charge in [-0.3, -0.25) is 9.69 Å². The molecule has 0 aliphatic carbocycles. The van der Waals surface area contributed by atoms with Crippen LogP contribution >= 0.6 is 11.8 Å². The Morgan fingerprint density at radius 3 is 2.70 bits per heavy atom. The zero-order chi connectivity index (χ0) is 16.5. The van der Waals surface area contributed by atoms with Crippen LogP contribution in [0.1, 0.15) is 6.42 Å². The van der Waals surface area contributed by atoms with Crippen molar-refractivity contribution in [1.82, 2.24) is 20.2 Å². The summed E-state index contributed by atoms with van der Waals surface area (Å²) in [5, 5.41) is 2.93. The first kappa shape index (κ1) is 18.0. The Labute approximate surface area is 142 Å². The largest absolute Gasteiger partial charge is 0.353 e. The zero-order valence-corrected chi connectivity index (χ0v) is 14.5. The maximum Gasteiger partial charge on any atom is 0.236 e. The predicted octanol–water partition coefficient (Wildman–Crippen LogP) is -0.205. The topological polar surface area (TPSA) is 87.4 Å². The number of thioether (sulfide) groups is 1. The predicted molar refractivity (Wildman–Crippen MR) is 94.7 cm³/mol. The average molecular weight is 338 g/mol. The fourth-order valence-electron chi connectivity index (χ4n) is 2.47. The molecule has 1 aliphatic heterocycles. The lowest BCUT2D eigenvalue weighted by Crippen LogP contribution is -2.50. The number of rotatable bonds is 8. The fraction of sp³-hybridized carbons (Fsp3) is 0.667. The summed E-state index contributed by atoms with van der Waals surface area (Å²) in [6.45, 7) is 5.22. The van der Waals surface area contributed by atoms with Crippen molar-refractivity contribution in [3.63, 3.8) is 0 Å². The van der Waals surface area contributed by atoms with Gasteiger partial charge in [-0.05, 0) is 24.5 Å². The van der Waals surface area contributed by atoms with Gasteiger partial charge in [-0.15, -0.1) is 0 Å². The van der Waals surface area contributed by atoms with Crippen LogP contribution in [0.3, 0.4) is 0 Å². The molecule has 0 bridgehead atoms. The first-order chi connectivity index (χ1) is 11.2. The Kier molecular flexibility index (Phi) is 7.57. The average Bonchev–Trinajstić information content (AvgIpc) is 2.61. The van der Waals surface area contributed by atoms with Crippen molar-refractivity contribution >= 4 is 23.6 Å². The second-order valence-corrected chi connectivity index (χ2v) is 6.54. The second kappa shape index (κ2) is 9.69. The van der Waals surface area contributed by atoms with Crippen LogP contribution in [0, 0.1) is 0 Å². The highest BCUT2D eigenvalue weighted by molar-refractivity contribution is 7.98. The van der Waals surface area contributed by atoms with Gasteiger partial charge in [-0.1, -0.05) is 0 Å². The minimum atomic E-state index is -0.394. The summed E-state index contributed by atoms with van der Waals surface area (Å²) in [5.41, 5.74) is 5.85. The maximum absolute atomic E-state index is 11.8. The molecule has 1 atom stereocenters. The van der Waals surface area contributed by atoms with Crippen molar-refractivity contribution in [3.05, 3.63) is 18.5 Å². The molecule has 8 heteroatoms. The molecular weight excluding hydrogens is 312 g/mol. The summed E-state index contributed by atoms with van der Waals surface area (Å²) >= 11 is 1.71. The normalized spacial score (nSPS) is 17.0. The number of amides is 1. The smallest absolute Gasteiger partial charge is 0.236 e. The van der Waals surface area contributed by atoms with Crippen LogP contribution in [-0.4, -0.2) is 78.1 Å². The summed E-state index contributed by atoms with van der Waals surface area (Å²) in [6, 6.07) is 1.43. The van der Waals surface area contributed by atoms with E-state index in [2.05, 4.69) is 25.1 Å². The first-order valence-corrected chi connectivity index (χ1v) is 9.36. The Morgan fingerprint density at radius 1 is 1.35 bits per heavy atom. The molecule has 1 aromatic rings. The fourth-order valence-corrected chi connectivity index (χ4v) is 2.96. The van der Waals surface area contributed by atoms with E-state index < -0.39 is 6.04 Å². The molecule has 2 heterocycles. The second-order valence-electron chi connectivity index (χ2n) is 5.56. The number of anilines is 1. The van der Waals surface area contributed by atoms with Gasteiger partial charge in [0, 0.05) is 51.7 Å². The molecular formula is C15H26N6OS. The molecule has 0 aromatic carbocycles. The third-order valence-corrected chi connectivity index (χ3v) is 4.55. The van der Waals surface area contributed by atoms with E-state index in [0.717, 1.165) is 50.8 Å². The SMILES string of the molecule is CSCC[C@H](N)C(=O)NCCN1CCN(c2ncccn2)CC1. The number of nitrogens with one attached hydrogen (secondary N) is 1. The summed E-state index contributed by atoms with van der Waals surface area (Å²) in [4.78, 5) is 24.9. The van der Waals surface area contributed by atoms with Gasteiger partial charge in [0.15, 0.2) is 0 Å².